The molecule has 0 aliphatic heterocycles. The summed E-state index contributed by atoms with van der Waals surface area (Å²) in [5.41, 5.74) is 2.99. The second kappa shape index (κ2) is 8.39. The minimum atomic E-state index is -0.0440. The Morgan fingerprint density at radius 2 is 2.00 bits per heavy atom. The van der Waals surface area contributed by atoms with E-state index >= 15 is 0 Å². The van der Waals surface area contributed by atoms with Crippen LogP contribution in [0, 0.1) is 6.92 Å². The monoisotopic (exact) mass is 388 g/mol. The number of carbonyl (C=O) groups is 1. The molecule has 1 aromatic heterocycles. The van der Waals surface area contributed by atoms with Crippen molar-refractivity contribution in [1.29, 1.82) is 0 Å². The summed E-state index contributed by atoms with van der Waals surface area (Å²) in [4.78, 5) is 16.3. The van der Waals surface area contributed by atoms with Crippen molar-refractivity contribution in [3.05, 3.63) is 75.7 Å². The highest BCUT2D eigenvalue weighted by Gasteiger charge is 2.12. The molecule has 0 atom stereocenters. The molecule has 134 valence electrons. The van der Waals surface area contributed by atoms with Crippen LogP contribution >= 0.6 is 23.2 Å². The number of nitrogens with zero attached hydrogens (tertiary/aromatic N) is 1. The quantitative estimate of drug-likeness (QED) is 0.630. The number of aryl methyl sites for hydroxylation is 2. The molecule has 1 N–H and O–H groups in total. The van der Waals surface area contributed by atoms with Crippen LogP contribution < -0.4 is 5.32 Å². The number of nitrogens with one attached hydrogen (secondary N) is 1. The summed E-state index contributed by atoms with van der Waals surface area (Å²) in [5, 5.41) is 3.98. The molecule has 0 bridgehead atoms. The van der Waals surface area contributed by atoms with E-state index in [1.807, 2.05) is 31.2 Å². The van der Waals surface area contributed by atoms with E-state index in [2.05, 4.69) is 10.3 Å². The van der Waals surface area contributed by atoms with Gasteiger partial charge in [0.25, 0.3) is 0 Å². The Kier molecular flexibility index (Phi) is 5.96. The Bertz CT molecular complexity index is 922. The molecule has 0 radical (unpaired) electrons. The smallest absolute Gasteiger partial charge is 0.220 e. The zero-order valence-corrected chi connectivity index (χ0v) is 15.8. The van der Waals surface area contributed by atoms with E-state index in [9.17, 15) is 4.79 Å². The molecule has 0 fully saturated rings. The highest BCUT2D eigenvalue weighted by molar-refractivity contribution is 6.36. The Morgan fingerprint density at radius 1 is 1.19 bits per heavy atom. The number of halogens is 2. The molecular formula is C20H18Cl2N2O2. The predicted octanol–water partition coefficient (Wildman–Crippen LogP) is 5.21. The molecule has 0 spiro atoms. The van der Waals surface area contributed by atoms with Gasteiger partial charge in [0.15, 0.2) is 11.7 Å². The van der Waals surface area contributed by atoms with E-state index in [-0.39, 0.29) is 5.91 Å². The second-order valence-electron chi connectivity index (χ2n) is 5.95. The summed E-state index contributed by atoms with van der Waals surface area (Å²) in [6.45, 7) is 2.54. The number of rotatable bonds is 6. The average molecular weight is 389 g/mol. The Balaban J connectivity index is 1.54. The van der Waals surface area contributed by atoms with Crippen LogP contribution in [0.3, 0.4) is 0 Å². The van der Waals surface area contributed by atoms with E-state index in [4.69, 9.17) is 27.6 Å². The fraction of sp³-hybridized carbons (Fsp3) is 0.200. The molecule has 1 heterocycles. The molecule has 0 aliphatic carbocycles. The largest absolute Gasteiger partial charge is 0.441 e. The first-order chi connectivity index (χ1) is 12.5. The maximum atomic E-state index is 12.1. The lowest BCUT2D eigenvalue weighted by atomic mass is 10.1. The number of hydrogen-bond acceptors (Lipinski definition) is 3. The lowest BCUT2D eigenvalue weighted by Gasteiger charge is -2.07. The summed E-state index contributed by atoms with van der Waals surface area (Å²) in [5.74, 6) is 1.01. The van der Waals surface area contributed by atoms with Crippen LogP contribution in [0.25, 0.3) is 11.3 Å². The fourth-order valence-electron chi connectivity index (χ4n) is 2.55. The van der Waals surface area contributed by atoms with Gasteiger partial charge in [0, 0.05) is 30.0 Å². The van der Waals surface area contributed by atoms with Crippen molar-refractivity contribution in [3.63, 3.8) is 0 Å². The maximum absolute atomic E-state index is 12.1. The Labute approximate surface area is 162 Å². The zero-order valence-electron chi connectivity index (χ0n) is 14.3. The summed E-state index contributed by atoms with van der Waals surface area (Å²) >= 11 is 12.1. The van der Waals surface area contributed by atoms with Gasteiger partial charge < -0.3 is 9.73 Å². The first-order valence-corrected chi connectivity index (χ1v) is 9.00. The van der Waals surface area contributed by atoms with Crippen LogP contribution in [0.2, 0.25) is 10.0 Å². The minimum Gasteiger partial charge on any atom is -0.441 e. The molecule has 0 saturated heterocycles. The van der Waals surface area contributed by atoms with E-state index in [1.54, 1.807) is 24.4 Å². The van der Waals surface area contributed by atoms with Gasteiger partial charge in [-0.05, 0) is 36.2 Å². The van der Waals surface area contributed by atoms with Gasteiger partial charge in [-0.3, -0.25) is 4.79 Å². The van der Waals surface area contributed by atoms with Crippen LogP contribution in [0.4, 0.5) is 0 Å². The number of aromatic nitrogens is 1. The van der Waals surface area contributed by atoms with Crippen LogP contribution in [0.15, 0.2) is 53.1 Å². The van der Waals surface area contributed by atoms with E-state index in [0.717, 1.165) is 16.7 Å². The van der Waals surface area contributed by atoms with Gasteiger partial charge in [-0.25, -0.2) is 4.98 Å². The molecule has 26 heavy (non-hydrogen) atoms. The highest BCUT2D eigenvalue weighted by Crippen LogP contribution is 2.30. The van der Waals surface area contributed by atoms with Crippen molar-refractivity contribution in [1.82, 2.24) is 10.3 Å². The van der Waals surface area contributed by atoms with Crippen molar-refractivity contribution in [2.75, 3.05) is 0 Å². The summed E-state index contributed by atoms with van der Waals surface area (Å²) in [6.07, 6.45) is 2.33. The molecular weight excluding hydrogens is 371 g/mol. The first kappa shape index (κ1) is 18.5. The van der Waals surface area contributed by atoms with Gasteiger partial charge >= 0.3 is 0 Å². The van der Waals surface area contributed by atoms with E-state index < -0.39 is 0 Å². The molecule has 6 heteroatoms. The molecule has 1 amide bonds. The number of hydrogen-bond donors (Lipinski definition) is 1. The van der Waals surface area contributed by atoms with Crippen LogP contribution in [-0.2, 0) is 17.8 Å². The van der Waals surface area contributed by atoms with Gasteiger partial charge in [-0.15, -0.1) is 0 Å². The van der Waals surface area contributed by atoms with Gasteiger partial charge in [0.1, 0.15) is 0 Å². The van der Waals surface area contributed by atoms with Gasteiger partial charge in [0.05, 0.1) is 11.2 Å². The fourth-order valence-corrected chi connectivity index (χ4v) is 3.05. The average Bonchev–Trinajstić information content (AvgIpc) is 3.08. The van der Waals surface area contributed by atoms with Crippen molar-refractivity contribution < 1.29 is 9.21 Å². The number of oxazole rings is 1. The second-order valence-corrected chi connectivity index (χ2v) is 6.79. The van der Waals surface area contributed by atoms with Gasteiger partial charge in [-0.2, -0.15) is 0 Å². The van der Waals surface area contributed by atoms with Crippen molar-refractivity contribution in [2.45, 2.75) is 26.3 Å². The van der Waals surface area contributed by atoms with E-state index in [1.165, 1.54) is 0 Å². The molecule has 4 nitrogen and oxygen atoms in total. The highest BCUT2D eigenvalue weighted by atomic mass is 35.5. The van der Waals surface area contributed by atoms with Crippen molar-refractivity contribution in [2.24, 2.45) is 0 Å². The van der Waals surface area contributed by atoms with Crippen molar-refractivity contribution in [3.8, 4) is 11.3 Å². The number of amides is 1. The predicted molar refractivity (Wildman–Crippen MR) is 103 cm³/mol. The molecule has 0 aliphatic rings. The summed E-state index contributed by atoms with van der Waals surface area (Å²) in [7, 11) is 0. The molecule has 3 rings (SSSR count). The zero-order chi connectivity index (χ0) is 18.5. The van der Waals surface area contributed by atoms with E-state index in [0.29, 0.717) is 41.1 Å². The molecule has 0 saturated carbocycles. The molecule has 3 aromatic rings. The van der Waals surface area contributed by atoms with Crippen molar-refractivity contribution >= 4 is 29.1 Å². The lowest BCUT2D eigenvalue weighted by Crippen LogP contribution is -2.23. The number of carbonyl (C=O) groups excluding carboxylic acids is 1. The number of benzene rings is 2. The minimum absolute atomic E-state index is 0.0440. The molecule has 0 unspecified atom stereocenters. The topological polar surface area (TPSA) is 55.1 Å². The van der Waals surface area contributed by atoms with Crippen LogP contribution in [-0.4, -0.2) is 10.9 Å². The van der Waals surface area contributed by atoms with Crippen LogP contribution in [0.1, 0.15) is 23.4 Å². The third-order valence-electron chi connectivity index (χ3n) is 4.05. The summed E-state index contributed by atoms with van der Waals surface area (Å²) in [6, 6.07) is 13.1. The standard InChI is InChI=1S/C20H18Cl2N2O2/c1-13-4-2-3-5-14(13)11-23-19(25)8-9-20-24-12-18(26-20)16-7-6-15(21)10-17(16)22/h2-7,10,12H,8-9,11H2,1H3,(H,23,25). The molecule has 2 aromatic carbocycles. The van der Waals surface area contributed by atoms with Gasteiger partial charge in [-0.1, -0.05) is 47.5 Å². The van der Waals surface area contributed by atoms with Gasteiger partial charge in [0.2, 0.25) is 5.91 Å². The van der Waals surface area contributed by atoms with Crippen LogP contribution in [0.5, 0.6) is 0 Å². The maximum Gasteiger partial charge on any atom is 0.220 e. The summed E-state index contributed by atoms with van der Waals surface area (Å²) < 4.78 is 5.70. The lowest BCUT2D eigenvalue weighted by molar-refractivity contribution is -0.121. The third-order valence-corrected chi connectivity index (χ3v) is 4.60. The third kappa shape index (κ3) is 4.65. The SMILES string of the molecule is Cc1ccccc1CNC(=O)CCc1ncc(-c2ccc(Cl)cc2Cl)o1. The first-order valence-electron chi connectivity index (χ1n) is 8.24. The normalized spacial score (nSPS) is 10.7. The Hall–Kier alpha value is -2.30. The Morgan fingerprint density at radius 3 is 2.77 bits per heavy atom.